The van der Waals surface area contributed by atoms with E-state index in [2.05, 4.69) is 24.1 Å². The lowest BCUT2D eigenvalue weighted by Crippen LogP contribution is -2.61. The third-order valence-electron chi connectivity index (χ3n) is 4.08. The van der Waals surface area contributed by atoms with Crippen molar-refractivity contribution in [3.63, 3.8) is 0 Å². The van der Waals surface area contributed by atoms with Crippen LogP contribution in [0.5, 0.6) is 0 Å². The zero-order chi connectivity index (χ0) is 14.4. The maximum atomic E-state index is 12.5. The number of nitrogens with zero attached hydrogens (tertiary/aromatic N) is 2. The van der Waals surface area contributed by atoms with Crippen molar-refractivity contribution in [2.75, 3.05) is 6.54 Å². The van der Waals surface area contributed by atoms with Crippen LogP contribution in [0.25, 0.3) is 0 Å². The Kier molecular flexibility index (Phi) is 3.45. The van der Waals surface area contributed by atoms with Gasteiger partial charge in [0.15, 0.2) is 0 Å². The van der Waals surface area contributed by atoms with Gasteiger partial charge in [-0.3, -0.25) is 0 Å². The van der Waals surface area contributed by atoms with Crippen molar-refractivity contribution in [3.05, 3.63) is 0 Å². The summed E-state index contributed by atoms with van der Waals surface area (Å²) in [6.07, 6.45) is -0.833. The Morgan fingerprint density at radius 1 is 1.37 bits per heavy atom. The van der Waals surface area contributed by atoms with Crippen molar-refractivity contribution in [2.45, 2.75) is 59.5 Å². The third kappa shape index (κ3) is 2.18. The number of esters is 1. The first kappa shape index (κ1) is 14.4. The standard InChI is InChI=1S/C14H24N2O3/c1-8(2)10-7-15-16-14(10)9(3)18-12(13(4,5)6)19-11(14)17/h8-10,12H,7H2,1-6H3/t9?,10-,12?,14?/m0/s1. The van der Waals surface area contributed by atoms with Gasteiger partial charge in [-0.05, 0) is 12.8 Å². The highest BCUT2D eigenvalue weighted by Crippen LogP contribution is 2.44. The van der Waals surface area contributed by atoms with Gasteiger partial charge in [-0.1, -0.05) is 34.6 Å². The van der Waals surface area contributed by atoms with Crippen LogP contribution in [0.1, 0.15) is 41.5 Å². The number of ether oxygens (including phenoxy) is 2. The quantitative estimate of drug-likeness (QED) is 0.687. The summed E-state index contributed by atoms with van der Waals surface area (Å²) in [6, 6.07) is 0. The van der Waals surface area contributed by atoms with Crippen molar-refractivity contribution in [1.82, 2.24) is 0 Å². The second kappa shape index (κ2) is 4.54. The van der Waals surface area contributed by atoms with Crippen LogP contribution in [0.4, 0.5) is 0 Å². The van der Waals surface area contributed by atoms with Gasteiger partial charge in [-0.15, -0.1) is 0 Å². The summed E-state index contributed by atoms with van der Waals surface area (Å²) in [4.78, 5) is 12.5. The van der Waals surface area contributed by atoms with E-state index in [1.54, 1.807) is 0 Å². The number of carbonyl (C=O) groups excluding carboxylic acids is 1. The molecular formula is C14H24N2O3. The Morgan fingerprint density at radius 2 is 2.00 bits per heavy atom. The average Bonchev–Trinajstić information content (AvgIpc) is 2.70. The molecule has 1 saturated heterocycles. The van der Waals surface area contributed by atoms with E-state index in [9.17, 15) is 4.79 Å². The second-order valence-electron chi connectivity index (χ2n) is 6.98. The number of carbonyl (C=O) groups is 1. The van der Waals surface area contributed by atoms with Crippen LogP contribution in [0.2, 0.25) is 0 Å². The lowest BCUT2D eigenvalue weighted by atomic mass is 9.74. The molecule has 5 nitrogen and oxygen atoms in total. The van der Waals surface area contributed by atoms with E-state index in [0.717, 1.165) is 0 Å². The first-order valence-electron chi connectivity index (χ1n) is 6.94. The fraction of sp³-hybridized carbons (Fsp3) is 0.929. The van der Waals surface area contributed by atoms with Gasteiger partial charge >= 0.3 is 5.97 Å². The minimum absolute atomic E-state index is 0.0518. The van der Waals surface area contributed by atoms with Gasteiger partial charge in [0.1, 0.15) is 0 Å². The molecule has 0 aromatic rings. The molecule has 108 valence electrons. The molecule has 0 amide bonds. The molecule has 2 heterocycles. The van der Waals surface area contributed by atoms with Crippen molar-refractivity contribution in [3.8, 4) is 0 Å². The maximum Gasteiger partial charge on any atom is 0.341 e. The number of hydrogen-bond donors (Lipinski definition) is 0. The summed E-state index contributed by atoms with van der Waals surface area (Å²) in [6.45, 7) is 12.6. The molecule has 2 aliphatic rings. The molecule has 1 spiro atoms. The van der Waals surface area contributed by atoms with Gasteiger partial charge in [-0.2, -0.15) is 10.2 Å². The molecule has 0 aromatic heterocycles. The van der Waals surface area contributed by atoms with Crippen molar-refractivity contribution >= 4 is 5.97 Å². The van der Waals surface area contributed by atoms with E-state index in [0.29, 0.717) is 12.5 Å². The van der Waals surface area contributed by atoms with Crippen molar-refractivity contribution in [2.24, 2.45) is 27.5 Å². The van der Waals surface area contributed by atoms with Crippen LogP contribution in [-0.2, 0) is 14.3 Å². The van der Waals surface area contributed by atoms with Gasteiger partial charge in [0.05, 0.1) is 12.6 Å². The van der Waals surface area contributed by atoms with E-state index in [4.69, 9.17) is 9.47 Å². The Balaban J connectivity index is 2.30. The predicted octanol–water partition coefficient (Wildman–Crippen LogP) is 2.80. The Hall–Kier alpha value is -0.970. The first-order chi connectivity index (χ1) is 8.69. The van der Waals surface area contributed by atoms with Crippen LogP contribution in [-0.4, -0.2) is 30.4 Å². The lowest BCUT2D eigenvalue weighted by Gasteiger charge is -2.45. The number of hydrogen-bond acceptors (Lipinski definition) is 5. The highest BCUT2D eigenvalue weighted by atomic mass is 16.7. The van der Waals surface area contributed by atoms with Crippen molar-refractivity contribution in [1.29, 1.82) is 0 Å². The Bertz CT molecular complexity index is 400. The van der Waals surface area contributed by atoms with Crippen LogP contribution < -0.4 is 0 Å². The molecule has 0 N–H and O–H groups in total. The second-order valence-corrected chi connectivity index (χ2v) is 6.98. The highest BCUT2D eigenvalue weighted by Gasteiger charge is 2.60. The number of azo groups is 1. The lowest BCUT2D eigenvalue weighted by molar-refractivity contribution is -0.262. The normalized spacial score (nSPS) is 39.1. The zero-order valence-electron chi connectivity index (χ0n) is 12.6. The summed E-state index contributed by atoms with van der Waals surface area (Å²) in [5, 5.41) is 8.33. The fourth-order valence-corrected chi connectivity index (χ4v) is 2.81. The molecule has 0 bridgehead atoms. The smallest absolute Gasteiger partial charge is 0.341 e. The van der Waals surface area contributed by atoms with E-state index in [1.165, 1.54) is 0 Å². The molecule has 0 aliphatic carbocycles. The van der Waals surface area contributed by atoms with Crippen LogP contribution in [0, 0.1) is 17.3 Å². The number of cyclic esters (lactones) is 1. The molecule has 2 aliphatic heterocycles. The predicted molar refractivity (Wildman–Crippen MR) is 70.7 cm³/mol. The van der Waals surface area contributed by atoms with Crippen LogP contribution >= 0.6 is 0 Å². The SMILES string of the molecule is CC(C)[C@@H]1CN=NC12C(=O)OC(C(C)(C)C)OC2C. The minimum atomic E-state index is -0.948. The molecular weight excluding hydrogens is 244 g/mol. The van der Waals surface area contributed by atoms with Gasteiger partial charge < -0.3 is 9.47 Å². The molecule has 1 fully saturated rings. The number of rotatable bonds is 1. The largest absolute Gasteiger partial charge is 0.433 e. The van der Waals surface area contributed by atoms with Gasteiger partial charge in [0, 0.05) is 11.3 Å². The summed E-state index contributed by atoms with van der Waals surface area (Å²) < 4.78 is 11.5. The fourth-order valence-electron chi connectivity index (χ4n) is 2.81. The monoisotopic (exact) mass is 268 g/mol. The Labute approximate surface area is 114 Å². The molecule has 5 heteroatoms. The van der Waals surface area contributed by atoms with Crippen LogP contribution in [0.15, 0.2) is 10.2 Å². The maximum absolute atomic E-state index is 12.5. The summed E-state index contributed by atoms with van der Waals surface area (Å²) in [5.74, 6) is 0.0711. The summed E-state index contributed by atoms with van der Waals surface area (Å²) >= 11 is 0. The molecule has 19 heavy (non-hydrogen) atoms. The topological polar surface area (TPSA) is 60.2 Å². The summed E-state index contributed by atoms with van der Waals surface area (Å²) in [7, 11) is 0. The van der Waals surface area contributed by atoms with Crippen LogP contribution in [0.3, 0.4) is 0 Å². The highest BCUT2D eigenvalue weighted by molar-refractivity contribution is 5.83. The Morgan fingerprint density at radius 3 is 2.47 bits per heavy atom. The average molecular weight is 268 g/mol. The minimum Gasteiger partial charge on any atom is -0.433 e. The summed E-state index contributed by atoms with van der Waals surface area (Å²) in [5.41, 5.74) is -1.19. The van der Waals surface area contributed by atoms with Gasteiger partial charge in [-0.25, -0.2) is 4.79 Å². The van der Waals surface area contributed by atoms with Gasteiger partial charge in [0.2, 0.25) is 11.8 Å². The third-order valence-corrected chi connectivity index (χ3v) is 4.08. The molecule has 4 atom stereocenters. The first-order valence-corrected chi connectivity index (χ1v) is 6.94. The van der Waals surface area contributed by atoms with E-state index >= 15 is 0 Å². The van der Waals surface area contributed by atoms with E-state index in [1.807, 2.05) is 27.7 Å². The van der Waals surface area contributed by atoms with Gasteiger partial charge in [0.25, 0.3) is 0 Å². The molecule has 0 radical (unpaired) electrons. The molecule has 3 unspecified atom stereocenters. The molecule has 0 saturated carbocycles. The van der Waals surface area contributed by atoms with Crippen molar-refractivity contribution < 1.29 is 14.3 Å². The van der Waals surface area contributed by atoms with E-state index in [-0.39, 0.29) is 23.4 Å². The zero-order valence-corrected chi connectivity index (χ0v) is 12.6. The molecule has 2 rings (SSSR count). The van der Waals surface area contributed by atoms with E-state index < -0.39 is 11.8 Å². The molecule has 0 aromatic carbocycles.